The van der Waals surface area contributed by atoms with Crippen molar-refractivity contribution in [1.82, 2.24) is 15.1 Å². The van der Waals surface area contributed by atoms with Crippen LogP contribution in [0.2, 0.25) is 0 Å². The zero-order chi connectivity index (χ0) is 19.7. The fraction of sp³-hybridized carbons (Fsp3) is 0.250. The van der Waals surface area contributed by atoms with E-state index in [0.29, 0.717) is 29.3 Å². The highest BCUT2D eigenvalue weighted by atomic mass is 16.6. The topological polar surface area (TPSA) is 91.5 Å². The Morgan fingerprint density at radius 3 is 2.54 bits per heavy atom. The second kappa shape index (κ2) is 7.32. The Bertz CT molecular complexity index is 1020. The van der Waals surface area contributed by atoms with Crippen molar-refractivity contribution in [2.24, 2.45) is 0 Å². The first-order valence-corrected chi connectivity index (χ1v) is 8.91. The SMILES string of the molecule is COc1cc(OC)cc(-n2nc(-c3ccccc3[N+](=O)[O-])c3c2CNCC3)c1. The minimum absolute atomic E-state index is 0.0525. The lowest BCUT2D eigenvalue weighted by Gasteiger charge is -2.16. The molecule has 8 heteroatoms. The zero-order valence-electron chi connectivity index (χ0n) is 15.6. The van der Waals surface area contributed by atoms with Gasteiger partial charge in [0.15, 0.2) is 0 Å². The maximum atomic E-state index is 11.5. The van der Waals surface area contributed by atoms with E-state index in [1.807, 2.05) is 16.8 Å². The van der Waals surface area contributed by atoms with Crippen LogP contribution in [-0.4, -0.2) is 35.5 Å². The van der Waals surface area contributed by atoms with Gasteiger partial charge in [-0.2, -0.15) is 5.10 Å². The first-order valence-electron chi connectivity index (χ1n) is 8.91. The molecule has 0 fully saturated rings. The summed E-state index contributed by atoms with van der Waals surface area (Å²) < 4.78 is 12.6. The van der Waals surface area contributed by atoms with Gasteiger partial charge in [-0.1, -0.05) is 12.1 Å². The summed E-state index contributed by atoms with van der Waals surface area (Å²) in [5.74, 6) is 1.30. The molecule has 0 saturated carbocycles. The van der Waals surface area contributed by atoms with Crippen LogP contribution in [0, 0.1) is 10.1 Å². The van der Waals surface area contributed by atoms with E-state index in [9.17, 15) is 10.1 Å². The number of aromatic nitrogens is 2. The summed E-state index contributed by atoms with van der Waals surface area (Å²) in [4.78, 5) is 11.2. The highest BCUT2D eigenvalue weighted by molar-refractivity contribution is 5.74. The van der Waals surface area contributed by atoms with Crippen molar-refractivity contribution in [3.8, 4) is 28.4 Å². The number of benzene rings is 2. The van der Waals surface area contributed by atoms with Gasteiger partial charge < -0.3 is 14.8 Å². The molecule has 8 nitrogen and oxygen atoms in total. The smallest absolute Gasteiger partial charge is 0.278 e. The lowest BCUT2D eigenvalue weighted by Crippen LogP contribution is -2.25. The predicted molar refractivity (Wildman–Crippen MR) is 104 cm³/mol. The molecule has 0 amide bonds. The molecule has 1 N–H and O–H groups in total. The van der Waals surface area contributed by atoms with E-state index in [1.165, 1.54) is 6.07 Å². The predicted octanol–water partition coefficient (Wildman–Crippen LogP) is 3.11. The Hall–Kier alpha value is -3.39. The van der Waals surface area contributed by atoms with Crippen LogP contribution in [0.5, 0.6) is 11.5 Å². The van der Waals surface area contributed by atoms with Crippen LogP contribution >= 0.6 is 0 Å². The lowest BCUT2D eigenvalue weighted by molar-refractivity contribution is -0.384. The molecule has 0 aliphatic carbocycles. The number of ether oxygens (including phenoxy) is 2. The van der Waals surface area contributed by atoms with Gasteiger partial charge in [0.25, 0.3) is 5.69 Å². The second-order valence-corrected chi connectivity index (χ2v) is 6.46. The number of nitro benzene ring substituents is 1. The molecule has 28 heavy (non-hydrogen) atoms. The van der Waals surface area contributed by atoms with E-state index >= 15 is 0 Å². The van der Waals surface area contributed by atoms with Gasteiger partial charge in [-0.05, 0) is 19.0 Å². The number of nitrogens with one attached hydrogen (secondary N) is 1. The number of rotatable bonds is 5. The summed E-state index contributed by atoms with van der Waals surface area (Å²) in [6, 6.07) is 12.3. The van der Waals surface area contributed by atoms with Crippen molar-refractivity contribution in [1.29, 1.82) is 0 Å². The molecule has 0 radical (unpaired) electrons. The molecular formula is C20H20N4O4. The third-order valence-electron chi connectivity index (χ3n) is 4.87. The molecule has 0 unspecified atom stereocenters. The minimum Gasteiger partial charge on any atom is -0.497 e. The average molecular weight is 380 g/mol. The van der Waals surface area contributed by atoms with Crippen LogP contribution in [0.25, 0.3) is 16.9 Å². The number of methoxy groups -OCH3 is 2. The molecule has 2 aromatic carbocycles. The lowest BCUT2D eigenvalue weighted by atomic mass is 10.00. The van der Waals surface area contributed by atoms with Crippen molar-refractivity contribution >= 4 is 5.69 Å². The molecule has 144 valence electrons. The largest absolute Gasteiger partial charge is 0.497 e. The first-order chi connectivity index (χ1) is 13.6. The van der Waals surface area contributed by atoms with E-state index in [2.05, 4.69) is 5.32 Å². The molecule has 0 spiro atoms. The third kappa shape index (κ3) is 3.07. The molecular weight excluding hydrogens is 360 g/mol. The quantitative estimate of drug-likeness (QED) is 0.540. The molecule has 1 aromatic heterocycles. The Morgan fingerprint density at radius 1 is 1.14 bits per heavy atom. The summed E-state index contributed by atoms with van der Waals surface area (Å²) >= 11 is 0. The van der Waals surface area contributed by atoms with Crippen molar-refractivity contribution in [3.05, 3.63) is 63.8 Å². The second-order valence-electron chi connectivity index (χ2n) is 6.46. The maximum Gasteiger partial charge on any atom is 0.278 e. The fourth-order valence-electron chi connectivity index (χ4n) is 3.53. The number of nitrogens with zero attached hydrogens (tertiary/aromatic N) is 3. The van der Waals surface area contributed by atoms with Gasteiger partial charge in [0.1, 0.15) is 17.2 Å². The number of nitro groups is 1. The van der Waals surface area contributed by atoms with Crippen LogP contribution in [0.1, 0.15) is 11.3 Å². The minimum atomic E-state index is -0.365. The summed E-state index contributed by atoms with van der Waals surface area (Å²) in [6.07, 6.45) is 0.748. The van der Waals surface area contributed by atoms with Crippen LogP contribution in [0.15, 0.2) is 42.5 Å². The molecule has 0 saturated heterocycles. The number of hydrogen-bond acceptors (Lipinski definition) is 6. The Kier molecular flexibility index (Phi) is 4.70. The maximum absolute atomic E-state index is 11.5. The highest BCUT2D eigenvalue weighted by Gasteiger charge is 2.26. The standard InChI is InChI=1S/C20H20N4O4/c1-27-14-9-13(10-15(11-14)28-2)23-19-12-21-8-7-17(19)20(22-23)16-5-3-4-6-18(16)24(25)26/h3-6,9-11,21H,7-8,12H2,1-2H3. The fourth-order valence-corrected chi connectivity index (χ4v) is 3.53. The molecule has 1 aliphatic rings. The Morgan fingerprint density at radius 2 is 1.86 bits per heavy atom. The van der Waals surface area contributed by atoms with E-state index in [0.717, 1.165) is 29.9 Å². The monoisotopic (exact) mass is 380 g/mol. The van der Waals surface area contributed by atoms with E-state index in [4.69, 9.17) is 14.6 Å². The van der Waals surface area contributed by atoms with Gasteiger partial charge in [-0.3, -0.25) is 10.1 Å². The van der Waals surface area contributed by atoms with Gasteiger partial charge >= 0.3 is 0 Å². The molecule has 0 bridgehead atoms. The first kappa shape index (κ1) is 18.0. The number of para-hydroxylation sites is 1. The van der Waals surface area contributed by atoms with Gasteiger partial charge in [-0.25, -0.2) is 4.68 Å². The Labute approximate surface area is 161 Å². The summed E-state index contributed by atoms with van der Waals surface area (Å²) in [5, 5.41) is 19.7. The summed E-state index contributed by atoms with van der Waals surface area (Å²) in [7, 11) is 3.19. The number of fused-ring (bicyclic) bond motifs is 1. The average Bonchev–Trinajstić information content (AvgIpc) is 3.13. The van der Waals surface area contributed by atoms with Crippen LogP contribution in [0.3, 0.4) is 0 Å². The van der Waals surface area contributed by atoms with Gasteiger partial charge in [-0.15, -0.1) is 0 Å². The summed E-state index contributed by atoms with van der Waals surface area (Å²) in [5.41, 5.74) is 4.01. The normalized spacial score (nSPS) is 13.1. The molecule has 1 aliphatic heterocycles. The van der Waals surface area contributed by atoms with Crippen LogP contribution in [-0.2, 0) is 13.0 Å². The zero-order valence-corrected chi connectivity index (χ0v) is 15.6. The van der Waals surface area contributed by atoms with E-state index in [1.54, 1.807) is 38.5 Å². The van der Waals surface area contributed by atoms with Gasteiger partial charge in [0.05, 0.1) is 36.1 Å². The third-order valence-corrected chi connectivity index (χ3v) is 4.87. The summed E-state index contributed by atoms with van der Waals surface area (Å²) in [6.45, 7) is 1.43. The van der Waals surface area contributed by atoms with E-state index in [-0.39, 0.29) is 10.6 Å². The van der Waals surface area contributed by atoms with Gasteiger partial charge in [0, 0.05) is 36.4 Å². The Balaban J connectivity index is 1.94. The van der Waals surface area contributed by atoms with Gasteiger partial charge in [0.2, 0.25) is 0 Å². The van der Waals surface area contributed by atoms with E-state index < -0.39 is 0 Å². The van der Waals surface area contributed by atoms with Crippen molar-refractivity contribution in [2.45, 2.75) is 13.0 Å². The molecule has 2 heterocycles. The van der Waals surface area contributed by atoms with Crippen molar-refractivity contribution < 1.29 is 14.4 Å². The van der Waals surface area contributed by atoms with Crippen LogP contribution < -0.4 is 14.8 Å². The molecule has 0 atom stereocenters. The highest BCUT2D eigenvalue weighted by Crippen LogP contribution is 2.36. The molecule has 4 rings (SSSR count). The van der Waals surface area contributed by atoms with Crippen molar-refractivity contribution in [3.63, 3.8) is 0 Å². The van der Waals surface area contributed by atoms with Crippen molar-refractivity contribution in [2.75, 3.05) is 20.8 Å². The number of hydrogen-bond donors (Lipinski definition) is 1. The molecule has 3 aromatic rings. The van der Waals surface area contributed by atoms with Crippen LogP contribution in [0.4, 0.5) is 5.69 Å².